The maximum atomic E-state index is 12.6. The molecule has 5 heteroatoms. The Morgan fingerprint density at radius 3 is 2.71 bits per heavy atom. The van der Waals surface area contributed by atoms with Gasteiger partial charge in [-0.3, -0.25) is 4.79 Å². The Hall–Kier alpha value is -3.63. The van der Waals surface area contributed by atoms with Gasteiger partial charge in [-0.15, -0.1) is 0 Å². The second kappa shape index (κ2) is 9.32. The van der Waals surface area contributed by atoms with Crippen LogP contribution in [-0.4, -0.2) is 15.9 Å². The van der Waals surface area contributed by atoms with Crippen LogP contribution in [0.1, 0.15) is 29.5 Å². The van der Waals surface area contributed by atoms with Crippen LogP contribution in [0.2, 0.25) is 5.02 Å². The van der Waals surface area contributed by atoms with E-state index in [0.29, 0.717) is 11.4 Å². The number of aryl methyl sites for hydroxylation is 3. The minimum atomic E-state index is 0.0233. The summed E-state index contributed by atoms with van der Waals surface area (Å²) in [5.74, 6) is 0.0233. The van der Waals surface area contributed by atoms with E-state index >= 15 is 0 Å². The lowest BCUT2D eigenvalue weighted by atomic mass is 10.0. The van der Waals surface area contributed by atoms with Gasteiger partial charge in [-0.05, 0) is 74.2 Å². The first kappa shape index (κ1) is 22.2. The zero-order valence-electron chi connectivity index (χ0n) is 19.3. The van der Waals surface area contributed by atoms with E-state index < -0.39 is 0 Å². The summed E-state index contributed by atoms with van der Waals surface area (Å²) in [4.78, 5) is 21.1. The van der Waals surface area contributed by atoms with Gasteiger partial charge in [0, 0.05) is 33.4 Å². The third kappa shape index (κ3) is 4.55. The highest BCUT2D eigenvalue weighted by Crippen LogP contribution is 2.33. The summed E-state index contributed by atoms with van der Waals surface area (Å²) in [6.45, 7) is 4.06. The van der Waals surface area contributed by atoms with Crippen molar-refractivity contribution in [1.29, 1.82) is 0 Å². The molecule has 2 N–H and O–H groups in total. The van der Waals surface area contributed by atoms with Gasteiger partial charge in [0.05, 0.1) is 16.9 Å². The Bertz CT molecular complexity index is 1520. The summed E-state index contributed by atoms with van der Waals surface area (Å²) in [5, 5.41) is 5.93. The number of para-hydroxylation sites is 1. The molecule has 0 radical (unpaired) electrons. The number of carbonyl (C=O) groups is 1. The van der Waals surface area contributed by atoms with Crippen LogP contribution in [0.25, 0.3) is 33.2 Å². The second-order valence-electron chi connectivity index (χ2n) is 8.78. The largest absolute Gasteiger partial charge is 0.353 e. The topological polar surface area (TPSA) is 57.8 Å². The van der Waals surface area contributed by atoms with E-state index in [2.05, 4.69) is 28.5 Å². The molecule has 4 nitrogen and oxygen atoms in total. The number of pyridine rings is 1. The molecular weight excluding hydrogens is 442 g/mol. The van der Waals surface area contributed by atoms with Gasteiger partial charge in [-0.2, -0.15) is 0 Å². The number of anilines is 1. The standard InChI is InChI=1S/C29H26ClN3O/c1-18-10-13-24(19(2)16-18)32-28(34)9-5-7-22-23-17-21(30)12-15-26(23)33-29(22)27-14-11-20-6-3-4-8-25(20)31-27/h3-4,6,8,10-17,33H,5,7,9H2,1-2H3,(H,32,34). The number of fused-ring (bicyclic) bond motifs is 2. The number of nitrogens with zero attached hydrogens (tertiary/aromatic N) is 1. The fraction of sp³-hybridized carbons (Fsp3) is 0.172. The molecule has 0 bridgehead atoms. The van der Waals surface area contributed by atoms with Crippen LogP contribution >= 0.6 is 11.6 Å². The van der Waals surface area contributed by atoms with Crippen molar-refractivity contribution in [1.82, 2.24) is 9.97 Å². The maximum Gasteiger partial charge on any atom is 0.224 e. The summed E-state index contributed by atoms with van der Waals surface area (Å²) in [7, 11) is 0. The molecule has 1 amide bonds. The highest BCUT2D eigenvalue weighted by molar-refractivity contribution is 6.31. The minimum absolute atomic E-state index is 0.0233. The van der Waals surface area contributed by atoms with Crippen LogP contribution in [-0.2, 0) is 11.2 Å². The number of rotatable bonds is 6. The fourth-order valence-corrected chi connectivity index (χ4v) is 4.67. The molecule has 0 unspecified atom stereocenters. The zero-order chi connectivity index (χ0) is 23.7. The van der Waals surface area contributed by atoms with E-state index in [0.717, 1.165) is 62.8 Å². The zero-order valence-corrected chi connectivity index (χ0v) is 20.0. The average molecular weight is 468 g/mol. The van der Waals surface area contributed by atoms with Gasteiger partial charge in [0.25, 0.3) is 0 Å². The van der Waals surface area contributed by atoms with Crippen molar-refractivity contribution >= 4 is 45.0 Å². The molecule has 0 fully saturated rings. The van der Waals surface area contributed by atoms with E-state index in [1.807, 2.05) is 68.4 Å². The predicted molar refractivity (Wildman–Crippen MR) is 142 cm³/mol. The SMILES string of the molecule is Cc1ccc(NC(=O)CCCc2c(-c3ccc4ccccc4n3)[nH]c3ccc(Cl)cc23)c(C)c1. The molecule has 170 valence electrons. The molecular formula is C29H26ClN3O. The number of aromatic nitrogens is 2. The monoisotopic (exact) mass is 467 g/mol. The first-order valence-electron chi connectivity index (χ1n) is 11.5. The minimum Gasteiger partial charge on any atom is -0.353 e. The number of hydrogen-bond acceptors (Lipinski definition) is 2. The molecule has 0 aliphatic heterocycles. The molecule has 0 aliphatic rings. The Morgan fingerprint density at radius 1 is 1.00 bits per heavy atom. The van der Waals surface area contributed by atoms with Crippen molar-refractivity contribution in [2.24, 2.45) is 0 Å². The van der Waals surface area contributed by atoms with Crippen LogP contribution in [0.4, 0.5) is 5.69 Å². The van der Waals surface area contributed by atoms with Crippen molar-refractivity contribution in [2.75, 3.05) is 5.32 Å². The van der Waals surface area contributed by atoms with E-state index in [1.165, 1.54) is 5.56 Å². The van der Waals surface area contributed by atoms with E-state index in [-0.39, 0.29) is 5.91 Å². The highest BCUT2D eigenvalue weighted by Gasteiger charge is 2.16. The number of nitrogens with one attached hydrogen (secondary N) is 2. The molecule has 2 heterocycles. The molecule has 2 aromatic heterocycles. The third-order valence-electron chi connectivity index (χ3n) is 6.21. The van der Waals surface area contributed by atoms with E-state index in [1.54, 1.807) is 0 Å². The number of aromatic amines is 1. The van der Waals surface area contributed by atoms with Crippen LogP contribution < -0.4 is 5.32 Å². The van der Waals surface area contributed by atoms with Gasteiger partial charge >= 0.3 is 0 Å². The summed E-state index contributed by atoms with van der Waals surface area (Å²) < 4.78 is 0. The van der Waals surface area contributed by atoms with Crippen molar-refractivity contribution in [3.63, 3.8) is 0 Å². The lowest BCUT2D eigenvalue weighted by molar-refractivity contribution is -0.116. The van der Waals surface area contributed by atoms with Gasteiger partial charge in [-0.1, -0.05) is 53.6 Å². The first-order valence-corrected chi connectivity index (χ1v) is 11.9. The maximum absolute atomic E-state index is 12.6. The normalized spacial score (nSPS) is 11.3. The highest BCUT2D eigenvalue weighted by atomic mass is 35.5. The van der Waals surface area contributed by atoms with Crippen LogP contribution in [0.15, 0.2) is 72.8 Å². The van der Waals surface area contributed by atoms with Gasteiger partial charge < -0.3 is 10.3 Å². The molecule has 0 spiro atoms. The summed E-state index contributed by atoms with van der Waals surface area (Å²) in [5.41, 5.74) is 8.11. The lowest BCUT2D eigenvalue weighted by Gasteiger charge is -2.10. The number of benzene rings is 3. The molecule has 34 heavy (non-hydrogen) atoms. The Morgan fingerprint density at radius 2 is 1.85 bits per heavy atom. The van der Waals surface area contributed by atoms with Gasteiger partial charge in [-0.25, -0.2) is 4.98 Å². The van der Waals surface area contributed by atoms with Crippen LogP contribution in [0.5, 0.6) is 0 Å². The molecule has 0 saturated heterocycles. The second-order valence-corrected chi connectivity index (χ2v) is 9.21. The van der Waals surface area contributed by atoms with E-state index in [4.69, 9.17) is 16.6 Å². The molecule has 5 rings (SSSR count). The quantitative estimate of drug-likeness (QED) is 0.270. The Balaban J connectivity index is 1.40. The molecule has 5 aromatic rings. The van der Waals surface area contributed by atoms with Crippen molar-refractivity contribution in [3.8, 4) is 11.4 Å². The average Bonchev–Trinajstić information content (AvgIpc) is 3.18. The Kier molecular flexibility index (Phi) is 6.08. The summed E-state index contributed by atoms with van der Waals surface area (Å²) >= 11 is 6.33. The van der Waals surface area contributed by atoms with Crippen molar-refractivity contribution in [2.45, 2.75) is 33.1 Å². The summed E-state index contributed by atoms with van der Waals surface area (Å²) in [6, 6.07) is 24.2. The molecule has 3 aromatic carbocycles. The van der Waals surface area contributed by atoms with Gasteiger partial charge in [0.15, 0.2) is 0 Å². The smallest absolute Gasteiger partial charge is 0.224 e. The number of carbonyl (C=O) groups excluding carboxylic acids is 1. The van der Waals surface area contributed by atoms with Gasteiger partial charge in [0.2, 0.25) is 5.91 Å². The Labute approximate surface area is 204 Å². The summed E-state index contributed by atoms with van der Waals surface area (Å²) in [6.07, 6.45) is 1.90. The predicted octanol–water partition coefficient (Wildman–Crippen LogP) is 7.61. The lowest BCUT2D eigenvalue weighted by Crippen LogP contribution is -2.12. The number of halogens is 1. The number of hydrogen-bond donors (Lipinski definition) is 2. The van der Waals surface area contributed by atoms with Crippen LogP contribution in [0, 0.1) is 13.8 Å². The fourth-order valence-electron chi connectivity index (χ4n) is 4.50. The van der Waals surface area contributed by atoms with Crippen LogP contribution in [0.3, 0.4) is 0 Å². The van der Waals surface area contributed by atoms with Crippen molar-refractivity contribution < 1.29 is 4.79 Å². The van der Waals surface area contributed by atoms with E-state index in [9.17, 15) is 4.79 Å². The number of H-pyrrole nitrogens is 1. The molecule has 0 aliphatic carbocycles. The van der Waals surface area contributed by atoms with Gasteiger partial charge in [0.1, 0.15) is 0 Å². The molecule has 0 atom stereocenters. The van der Waals surface area contributed by atoms with Crippen molar-refractivity contribution in [3.05, 3.63) is 94.5 Å². The number of amides is 1. The molecule has 0 saturated carbocycles. The third-order valence-corrected chi connectivity index (χ3v) is 6.44. The first-order chi connectivity index (χ1) is 16.5.